The van der Waals surface area contributed by atoms with Crippen molar-refractivity contribution < 1.29 is 4.79 Å². The van der Waals surface area contributed by atoms with Gasteiger partial charge >= 0.3 is 0 Å². The van der Waals surface area contributed by atoms with Crippen molar-refractivity contribution in [2.75, 3.05) is 25.4 Å². The number of carbonyl (C=O) groups is 1. The SMILES string of the molecule is CCCN1CCC(NC(=O)c2cccc(N)c2Br)CC1. The highest BCUT2D eigenvalue weighted by atomic mass is 79.9. The fourth-order valence-electron chi connectivity index (χ4n) is 2.61. The van der Waals surface area contributed by atoms with Crippen LogP contribution in [0, 0.1) is 0 Å². The van der Waals surface area contributed by atoms with E-state index in [-0.39, 0.29) is 11.9 Å². The molecule has 4 nitrogen and oxygen atoms in total. The van der Waals surface area contributed by atoms with Crippen molar-refractivity contribution in [3.05, 3.63) is 28.2 Å². The van der Waals surface area contributed by atoms with Gasteiger partial charge in [-0.05, 0) is 53.9 Å². The van der Waals surface area contributed by atoms with E-state index >= 15 is 0 Å². The number of benzene rings is 1. The zero-order valence-corrected chi connectivity index (χ0v) is 13.4. The molecular weight excluding hydrogens is 318 g/mol. The van der Waals surface area contributed by atoms with E-state index in [0.717, 1.165) is 32.5 Å². The summed E-state index contributed by atoms with van der Waals surface area (Å²) < 4.78 is 0.681. The smallest absolute Gasteiger partial charge is 0.252 e. The first-order valence-electron chi connectivity index (χ1n) is 7.19. The van der Waals surface area contributed by atoms with Gasteiger partial charge in [-0.2, -0.15) is 0 Å². The minimum absolute atomic E-state index is 0.0434. The van der Waals surface area contributed by atoms with E-state index in [1.165, 1.54) is 6.42 Å². The number of amides is 1. The van der Waals surface area contributed by atoms with Gasteiger partial charge in [-0.25, -0.2) is 0 Å². The maximum absolute atomic E-state index is 12.3. The van der Waals surface area contributed by atoms with Crippen LogP contribution in [-0.2, 0) is 0 Å². The standard InChI is InChI=1S/C15H22BrN3O/c1-2-8-19-9-6-11(7-10-19)18-15(20)12-4-3-5-13(17)14(12)16/h3-5,11H,2,6-10,17H2,1H3,(H,18,20). The summed E-state index contributed by atoms with van der Waals surface area (Å²) in [6.45, 7) is 5.49. The minimum Gasteiger partial charge on any atom is -0.398 e. The Kier molecular flexibility index (Phi) is 5.43. The first kappa shape index (κ1) is 15.3. The lowest BCUT2D eigenvalue weighted by molar-refractivity contribution is 0.0910. The highest BCUT2D eigenvalue weighted by Gasteiger charge is 2.21. The maximum Gasteiger partial charge on any atom is 0.252 e. The van der Waals surface area contributed by atoms with Crippen LogP contribution in [0.3, 0.4) is 0 Å². The fraction of sp³-hybridized carbons (Fsp3) is 0.533. The number of carbonyl (C=O) groups excluding carboxylic acids is 1. The molecule has 1 aromatic carbocycles. The lowest BCUT2D eigenvalue weighted by Crippen LogP contribution is -2.44. The summed E-state index contributed by atoms with van der Waals surface area (Å²) in [5.74, 6) is -0.0434. The van der Waals surface area contributed by atoms with Crippen LogP contribution < -0.4 is 11.1 Å². The number of rotatable bonds is 4. The molecule has 1 amide bonds. The van der Waals surface area contributed by atoms with Crippen molar-refractivity contribution in [2.45, 2.75) is 32.2 Å². The van der Waals surface area contributed by atoms with E-state index in [9.17, 15) is 4.79 Å². The molecular formula is C15H22BrN3O. The average molecular weight is 340 g/mol. The molecule has 0 aliphatic carbocycles. The average Bonchev–Trinajstić information content (AvgIpc) is 2.44. The van der Waals surface area contributed by atoms with E-state index in [4.69, 9.17) is 5.73 Å². The van der Waals surface area contributed by atoms with Gasteiger partial charge in [0.15, 0.2) is 0 Å². The van der Waals surface area contributed by atoms with Crippen molar-refractivity contribution in [2.24, 2.45) is 0 Å². The Morgan fingerprint density at radius 2 is 2.15 bits per heavy atom. The number of nitrogens with two attached hydrogens (primary N) is 1. The Hall–Kier alpha value is -1.07. The number of nitrogen functional groups attached to an aromatic ring is 1. The van der Waals surface area contributed by atoms with E-state index < -0.39 is 0 Å². The predicted octanol–water partition coefficient (Wildman–Crippen LogP) is 2.64. The quantitative estimate of drug-likeness (QED) is 0.829. The van der Waals surface area contributed by atoms with Crippen LogP contribution in [0.1, 0.15) is 36.5 Å². The molecule has 2 rings (SSSR count). The van der Waals surface area contributed by atoms with E-state index in [0.29, 0.717) is 15.7 Å². The number of nitrogens with one attached hydrogen (secondary N) is 1. The number of hydrogen-bond acceptors (Lipinski definition) is 3. The third-order valence-corrected chi connectivity index (χ3v) is 4.62. The third-order valence-electron chi connectivity index (χ3n) is 3.74. The molecule has 0 atom stereocenters. The van der Waals surface area contributed by atoms with Crippen LogP contribution in [0.2, 0.25) is 0 Å². The van der Waals surface area contributed by atoms with Crippen LogP contribution in [0.15, 0.2) is 22.7 Å². The monoisotopic (exact) mass is 339 g/mol. The van der Waals surface area contributed by atoms with Crippen LogP contribution in [0.25, 0.3) is 0 Å². The Morgan fingerprint density at radius 1 is 1.45 bits per heavy atom. The van der Waals surface area contributed by atoms with Crippen molar-refractivity contribution in [1.82, 2.24) is 10.2 Å². The molecule has 0 aromatic heterocycles. The second-order valence-corrected chi connectivity index (χ2v) is 6.09. The largest absolute Gasteiger partial charge is 0.398 e. The highest BCUT2D eigenvalue weighted by Crippen LogP contribution is 2.24. The molecule has 1 saturated heterocycles. The zero-order chi connectivity index (χ0) is 14.5. The van der Waals surface area contributed by atoms with Gasteiger partial charge in [-0.3, -0.25) is 4.79 Å². The molecule has 1 aromatic rings. The van der Waals surface area contributed by atoms with Crippen molar-refractivity contribution in [3.8, 4) is 0 Å². The van der Waals surface area contributed by atoms with Crippen molar-refractivity contribution in [1.29, 1.82) is 0 Å². The molecule has 1 heterocycles. The summed E-state index contributed by atoms with van der Waals surface area (Å²) in [5, 5.41) is 3.11. The maximum atomic E-state index is 12.3. The number of piperidine rings is 1. The molecule has 0 spiro atoms. The lowest BCUT2D eigenvalue weighted by atomic mass is 10.0. The first-order valence-corrected chi connectivity index (χ1v) is 7.98. The first-order chi connectivity index (χ1) is 9.61. The summed E-state index contributed by atoms with van der Waals surface area (Å²) in [5.41, 5.74) is 7.01. The van der Waals surface area contributed by atoms with Gasteiger partial charge in [0.25, 0.3) is 5.91 Å². The normalized spacial score (nSPS) is 17.1. The molecule has 3 N–H and O–H groups in total. The summed E-state index contributed by atoms with van der Waals surface area (Å²) in [6.07, 6.45) is 3.23. The van der Waals surface area contributed by atoms with Crippen LogP contribution in [-0.4, -0.2) is 36.5 Å². The predicted molar refractivity (Wildman–Crippen MR) is 85.8 cm³/mol. The van der Waals surface area contributed by atoms with E-state index in [1.807, 2.05) is 0 Å². The lowest BCUT2D eigenvalue weighted by Gasteiger charge is -2.32. The number of halogens is 1. The Labute approximate surface area is 128 Å². The molecule has 1 aliphatic heterocycles. The minimum atomic E-state index is -0.0434. The Bertz CT molecular complexity index is 470. The number of anilines is 1. The molecule has 1 aliphatic rings. The number of likely N-dealkylation sites (tertiary alicyclic amines) is 1. The van der Waals surface area contributed by atoms with Gasteiger partial charge in [-0.1, -0.05) is 13.0 Å². The van der Waals surface area contributed by atoms with Crippen LogP contribution in [0.4, 0.5) is 5.69 Å². The molecule has 20 heavy (non-hydrogen) atoms. The second-order valence-electron chi connectivity index (χ2n) is 5.30. The molecule has 0 radical (unpaired) electrons. The van der Waals surface area contributed by atoms with Crippen LogP contribution >= 0.6 is 15.9 Å². The Morgan fingerprint density at radius 3 is 2.80 bits per heavy atom. The van der Waals surface area contributed by atoms with Crippen molar-refractivity contribution in [3.63, 3.8) is 0 Å². The molecule has 5 heteroatoms. The topological polar surface area (TPSA) is 58.4 Å². The summed E-state index contributed by atoms with van der Waals surface area (Å²) >= 11 is 3.38. The van der Waals surface area contributed by atoms with Gasteiger partial charge in [-0.15, -0.1) is 0 Å². The summed E-state index contributed by atoms with van der Waals surface area (Å²) in [7, 11) is 0. The van der Waals surface area contributed by atoms with E-state index in [1.54, 1.807) is 18.2 Å². The zero-order valence-electron chi connectivity index (χ0n) is 11.9. The van der Waals surface area contributed by atoms with Gasteiger partial charge in [0.1, 0.15) is 0 Å². The van der Waals surface area contributed by atoms with Gasteiger partial charge in [0.2, 0.25) is 0 Å². The van der Waals surface area contributed by atoms with Crippen LogP contribution in [0.5, 0.6) is 0 Å². The molecule has 1 fully saturated rings. The highest BCUT2D eigenvalue weighted by molar-refractivity contribution is 9.10. The number of nitrogens with zero attached hydrogens (tertiary/aromatic N) is 1. The van der Waals surface area contributed by atoms with Gasteiger partial charge < -0.3 is 16.0 Å². The fourth-order valence-corrected chi connectivity index (χ4v) is 3.05. The molecule has 110 valence electrons. The molecule has 0 saturated carbocycles. The summed E-state index contributed by atoms with van der Waals surface area (Å²) in [4.78, 5) is 14.7. The van der Waals surface area contributed by atoms with Gasteiger partial charge in [0, 0.05) is 24.8 Å². The Balaban J connectivity index is 1.91. The second kappa shape index (κ2) is 7.09. The van der Waals surface area contributed by atoms with E-state index in [2.05, 4.69) is 33.1 Å². The third kappa shape index (κ3) is 3.73. The summed E-state index contributed by atoms with van der Waals surface area (Å²) in [6, 6.07) is 5.65. The molecule has 0 unspecified atom stereocenters. The van der Waals surface area contributed by atoms with Crippen molar-refractivity contribution >= 4 is 27.5 Å². The van der Waals surface area contributed by atoms with Gasteiger partial charge in [0.05, 0.1) is 10.0 Å². The number of hydrogen-bond donors (Lipinski definition) is 2. The molecule has 0 bridgehead atoms.